The summed E-state index contributed by atoms with van der Waals surface area (Å²) in [5.41, 5.74) is 4.22. The molecule has 1 aromatic heterocycles. The van der Waals surface area contributed by atoms with E-state index < -0.39 is 0 Å². The number of hydrogen-bond donors (Lipinski definition) is 0. The van der Waals surface area contributed by atoms with Crippen molar-refractivity contribution >= 4 is 34.3 Å². The zero-order valence-corrected chi connectivity index (χ0v) is 20.7. The maximum absolute atomic E-state index is 13.4. The Labute approximate surface area is 201 Å². The second-order valence-electron chi connectivity index (χ2n) is 8.95. The maximum Gasteiger partial charge on any atom is 0.305 e. The summed E-state index contributed by atoms with van der Waals surface area (Å²) in [6.07, 6.45) is 7.01. The molecule has 33 heavy (non-hydrogen) atoms. The number of aryl methyl sites for hydroxylation is 2. The van der Waals surface area contributed by atoms with Crippen molar-refractivity contribution in [1.82, 2.24) is 4.57 Å². The van der Waals surface area contributed by atoms with Gasteiger partial charge in [-0.3, -0.25) is 9.59 Å². The van der Waals surface area contributed by atoms with E-state index in [1.807, 2.05) is 32.2 Å². The number of carbonyl (C=O) groups excluding carboxylic acids is 2. The van der Waals surface area contributed by atoms with E-state index in [4.69, 9.17) is 16.3 Å². The van der Waals surface area contributed by atoms with Crippen molar-refractivity contribution in [3.8, 4) is 0 Å². The van der Waals surface area contributed by atoms with Crippen LogP contribution in [0.25, 0.3) is 10.9 Å². The number of aromatic nitrogens is 1. The summed E-state index contributed by atoms with van der Waals surface area (Å²) in [6.45, 7) is 1.92. The molecule has 0 saturated heterocycles. The summed E-state index contributed by atoms with van der Waals surface area (Å²) in [5.74, 6) is -0.296. The topological polar surface area (TPSA) is 48.3 Å². The van der Waals surface area contributed by atoms with E-state index in [1.54, 1.807) is 0 Å². The molecular formula is C28H34ClNO3. The van der Waals surface area contributed by atoms with E-state index in [-0.39, 0.29) is 24.1 Å². The zero-order valence-electron chi connectivity index (χ0n) is 19.9. The number of nitrogens with zero attached hydrogens (tertiary/aromatic N) is 1. The molecule has 4 nitrogen and oxygen atoms in total. The molecule has 176 valence electrons. The van der Waals surface area contributed by atoms with Crippen molar-refractivity contribution in [2.24, 2.45) is 13.0 Å². The van der Waals surface area contributed by atoms with Crippen LogP contribution in [0.5, 0.6) is 0 Å². The number of fused-ring (bicyclic) bond motifs is 1. The molecule has 0 aliphatic rings. The van der Waals surface area contributed by atoms with Gasteiger partial charge in [-0.15, -0.1) is 0 Å². The van der Waals surface area contributed by atoms with Crippen molar-refractivity contribution in [1.29, 1.82) is 0 Å². The SMILES string of the molecule is COC(=O)C[C@H](C)CC(=O)c1c(CCCCCCc2ccccc2)n(C)c2ccc(Cl)cc12. The average Bonchev–Trinajstić information content (AvgIpc) is 3.07. The first-order valence-electron chi connectivity index (χ1n) is 11.8. The third-order valence-electron chi connectivity index (χ3n) is 6.31. The highest BCUT2D eigenvalue weighted by atomic mass is 35.5. The van der Waals surface area contributed by atoms with Gasteiger partial charge in [-0.2, -0.15) is 0 Å². The fourth-order valence-corrected chi connectivity index (χ4v) is 4.72. The van der Waals surface area contributed by atoms with E-state index in [9.17, 15) is 9.59 Å². The quantitative estimate of drug-likeness (QED) is 0.164. The Hall–Kier alpha value is -2.59. The van der Waals surface area contributed by atoms with Crippen LogP contribution >= 0.6 is 11.6 Å². The van der Waals surface area contributed by atoms with Gasteiger partial charge >= 0.3 is 5.97 Å². The highest BCUT2D eigenvalue weighted by molar-refractivity contribution is 6.31. The molecule has 3 rings (SSSR count). The van der Waals surface area contributed by atoms with Crippen molar-refractivity contribution < 1.29 is 14.3 Å². The third-order valence-corrected chi connectivity index (χ3v) is 6.55. The van der Waals surface area contributed by atoms with Crippen LogP contribution in [0.2, 0.25) is 5.02 Å². The fourth-order valence-electron chi connectivity index (χ4n) is 4.55. The summed E-state index contributed by atoms with van der Waals surface area (Å²) < 4.78 is 6.90. The standard InChI is InChI=1S/C28H34ClNO3/c1-20(18-27(32)33-3)17-26(31)28-23-19-22(29)15-16-24(23)30(2)25(28)14-10-5-4-7-11-21-12-8-6-9-13-21/h6,8-9,12-13,15-16,19-20H,4-5,7,10-11,14,17-18H2,1-3H3/t20-/m1/s1. The molecule has 0 fully saturated rings. The number of rotatable bonds is 12. The minimum Gasteiger partial charge on any atom is -0.469 e. The van der Waals surface area contributed by atoms with Gasteiger partial charge in [-0.1, -0.05) is 61.7 Å². The molecule has 5 heteroatoms. The van der Waals surface area contributed by atoms with Crippen LogP contribution in [0, 0.1) is 5.92 Å². The largest absolute Gasteiger partial charge is 0.469 e. The Morgan fingerprint density at radius 1 is 0.970 bits per heavy atom. The maximum atomic E-state index is 13.4. The Balaban J connectivity index is 1.69. The number of carbonyl (C=O) groups is 2. The van der Waals surface area contributed by atoms with Crippen molar-refractivity contribution in [3.63, 3.8) is 0 Å². The van der Waals surface area contributed by atoms with Gasteiger partial charge in [0.05, 0.1) is 7.11 Å². The fraction of sp³-hybridized carbons (Fsp3) is 0.429. The summed E-state index contributed by atoms with van der Waals surface area (Å²) in [6, 6.07) is 16.3. The lowest BCUT2D eigenvalue weighted by Gasteiger charge is -2.11. The van der Waals surface area contributed by atoms with Gasteiger partial charge in [0.1, 0.15) is 0 Å². The molecule has 1 heterocycles. The van der Waals surface area contributed by atoms with Gasteiger partial charge in [0, 0.05) is 47.1 Å². The molecule has 0 aliphatic carbocycles. The molecule has 0 aliphatic heterocycles. The molecule has 0 spiro atoms. The number of unbranched alkanes of at least 4 members (excludes halogenated alkanes) is 3. The number of ketones is 1. The predicted octanol–water partition coefficient (Wildman–Crippen LogP) is 6.95. The molecule has 0 radical (unpaired) electrons. The first-order valence-corrected chi connectivity index (χ1v) is 12.2. The van der Waals surface area contributed by atoms with Crippen molar-refractivity contribution in [2.75, 3.05) is 7.11 Å². The monoisotopic (exact) mass is 467 g/mol. The number of methoxy groups -OCH3 is 1. The van der Waals surface area contributed by atoms with Crippen LogP contribution < -0.4 is 0 Å². The summed E-state index contributed by atoms with van der Waals surface area (Å²) >= 11 is 6.28. The van der Waals surface area contributed by atoms with Crippen molar-refractivity contribution in [2.45, 2.75) is 58.3 Å². The lowest BCUT2D eigenvalue weighted by molar-refractivity contribution is -0.141. The molecule has 0 bridgehead atoms. The number of Topliss-reactive ketones (excluding diaryl/α,β-unsaturated/α-hetero) is 1. The minimum absolute atomic E-state index is 0.0679. The minimum atomic E-state index is -0.285. The van der Waals surface area contributed by atoms with Gasteiger partial charge in [0.15, 0.2) is 5.78 Å². The van der Waals surface area contributed by atoms with Crippen LogP contribution in [-0.2, 0) is 29.4 Å². The van der Waals surface area contributed by atoms with Crippen molar-refractivity contribution in [3.05, 3.63) is 70.4 Å². The molecule has 0 amide bonds. The molecule has 0 N–H and O–H groups in total. The highest BCUT2D eigenvalue weighted by Crippen LogP contribution is 2.31. The van der Waals surface area contributed by atoms with E-state index in [2.05, 4.69) is 34.9 Å². The van der Waals surface area contributed by atoms with E-state index in [0.717, 1.165) is 47.8 Å². The number of halogens is 1. The van der Waals surface area contributed by atoms with Crippen LogP contribution in [0.3, 0.4) is 0 Å². The van der Waals surface area contributed by atoms with Gasteiger partial charge in [0.2, 0.25) is 0 Å². The molecule has 0 unspecified atom stereocenters. The zero-order chi connectivity index (χ0) is 23.8. The lowest BCUT2D eigenvalue weighted by Crippen LogP contribution is -2.13. The van der Waals surface area contributed by atoms with E-state index >= 15 is 0 Å². The van der Waals surface area contributed by atoms with E-state index in [1.165, 1.54) is 25.5 Å². The predicted molar refractivity (Wildman–Crippen MR) is 135 cm³/mol. The lowest BCUT2D eigenvalue weighted by atomic mass is 9.94. The Morgan fingerprint density at radius 3 is 2.36 bits per heavy atom. The van der Waals surface area contributed by atoms with Crippen LogP contribution in [0.1, 0.15) is 67.1 Å². The smallest absolute Gasteiger partial charge is 0.305 e. The van der Waals surface area contributed by atoms with Crippen LogP contribution in [-0.4, -0.2) is 23.4 Å². The Kier molecular flexibility index (Phi) is 9.13. The molecule has 2 aromatic carbocycles. The average molecular weight is 468 g/mol. The summed E-state index contributed by atoms with van der Waals surface area (Å²) in [7, 11) is 3.40. The molecular weight excluding hydrogens is 434 g/mol. The summed E-state index contributed by atoms with van der Waals surface area (Å²) in [5, 5.41) is 1.52. The molecule has 1 atom stereocenters. The first-order chi connectivity index (χ1) is 15.9. The number of esters is 1. The van der Waals surface area contributed by atoms with Gasteiger partial charge in [-0.25, -0.2) is 0 Å². The Bertz CT molecular complexity index is 1090. The normalized spacial score (nSPS) is 12.1. The van der Waals surface area contributed by atoms with Gasteiger partial charge in [0.25, 0.3) is 0 Å². The number of ether oxygens (including phenoxy) is 1. The first kappa shape index (κ1) is 25.0. The number of benzene rings is 2. The van der Waals surface area contributed by atoms with Gasteiger partial charge < -0.3 is 9.30 Å². The number of hydrogen-bond acceptors (Lipinski definition) is 3. The van der Waals surface area contributed by atoms with Crippen LogP contribution in [0.15, 0.2) is 48.5 Å². The second kappa shape index (κ2) is 12.0. The highest BCUT2D eigenvalue weighted by Gasteiger charge is 2.23. The summed E-state index contributed by atoms with van der Waals surface area (Å²) in [4.78, 5) is 25.0. The van der Waals surface area contributed by atoms with Crippen LogP contribution in [0.4, 0.5) is 0 Å². The Morgan fingerprint density at radius 2 is 1.67 bits per heavy atom. The third kappa shape index (κ3) is 6.70. The van der Waals surface area contributed by atoms with Gasteiger partial charge in [-0.05, 0) is 55.4 Å². The molecule has 3 aromatic rings. The van der Waals surface area contributed by atoms with E-state index in [0.29, 0.717) is 11.4 Å². The second-order valence-corrected chi connectivity index (χ2v) is 9.39. The molecule has 0 saturated carbocycles.